The number of halogens is 4. The van der Waals surface area contributed by atoms with Crippen LogP contribution in [0.1, 0.15) is 30.1 Å². The minimum absolute atomic E-state index is 0. The van der Waals surface area contributed by atoms with Crippen molar-refractivity contribution in [3.8, 4) is 5.75 Å². The lowest BCUT2D eigenvalue weighted by Gasteiger charge is -2.27. The highest BCUT2D eigenvalue weighted by molar-refractivity contribution is 5.96. The molecule has 6 nitrogen and oxygen atoms in total. The molecule has 2 N–H and O–H groups in total. The summed E-state index contributed by atoms with van der Waals surface area (Å²) >= 11 is 0. The first kappa shape index (κ1) is 23.0. The molecule has 0 saturated carbocycles. The van der Waals surface area contributed by atoms with Crippen LogP contribution in [0.4, 0.5) is 18.9 Å². The van der Waals surface area contributed by atoms with E-state index in [2.05, 4.69) is 15.4 Å². The van der Waals surface area contributed by atoms with E-state index in [9.17, 15) is 22.8 Å². The average Bonchev–Trinajstić information content (AvgIpc) is 2.59. The SMILES string of the molecule is COC(=O)c1ccc(NC(=O)[C@H]2CCN[C@@H](C)C2)c(OCC(F)(F)F)c1.Cl. The van der Waals surface area contributed by atoms with Gasteiger partial charge in [0.05, 0.1) is 18.4 Å². The van der Waals surface area contributed by atoms with Crippen molar-refractivity contribution >= 4 is 30.0 Å². The predicted molar refractivity (Wildman–Crippen MR) is 95.4 cm³/mol. The summed E-state index contributed by atoms with van der Waals surface area (Å²) in [5.41, 5.74) is 0.108. The highest BCUT2D eigenvalue weighted by atomic mass is 35.5. The Morgan fingerprint density at radius 1 is 1.33 bits per heavy atom. The number of methoxy groups -OCH3 is 1. The smallest absolute Gasteiger partial charge is 0.422 e. The second-order valence-corrected chi connectivity index (χ2v) is 6.17. The number of amides is 1. The molecule has 1 saturated heterocycles. The maximum absolute atomic E-state index is 12.5. The molecule has 0 aliphatic carbocycles. The number of benzene rings is 1. The summed E-state index contributed by atoms with van der Waals surface area (Å²) in [6.45, 7) is 1.12. The van der Waals surface area contributed by atoms with Crippen molar-refractivity contribution in [1.82, 2.24) is 5.32 Å². The fourth-order valence-corrected chi connectivity index (χ4v) is 2.75. The number of piperidine rings is 1. The van der Waals surface area contributed by atoms with Gasteiger partial charge in [-0.25, -0.2) is 4.79 Å². The Kier molecular flexibility index (Phi) is 8.36. The maximum Gasteiger partial charge on any atom is 0.422 e. The molecule has 0 unspecified atom stereocenters. The summed E-state index contributed by atoms with van der Waals surface area (Å²) < 4.78 is 46.8. The number of nitrogens with one attached hydrogen (secondary N) is 2. The van der Waals surface area contributed by atoms with Crippen LogP contribution in [-0.2, 0) is 9.53 Å². The van der Waals surface area contributed by atoms with Gasteiger partial charge in [-0.15, -0.1) is 12.4 Å². The first-order chi connectivity index (χ1) is 12.2. The van der Waals surface area contributed by atoms with Gasteiger partial charge < -0.3 is 20.1 Å². The summed E-state index contributed by atoms with van der Waals surface area (Å²) in [7, 11) is 1.16. The average molecular weight is 411 g/mol. The maximum atomic E-state index is 12.5. The van der Waals surface area contributed by atoms with Crippen LogP contribution in [0.2, 0.25) is 0 Å². The number of anilines is 1. The molecule has 0 spiro atoms. The van der Waals surface area contributed by atoms with Crippen molar-refractivity contribution in [2.45, 2.75) is 32.0 Å². The largest absolute Gasteiger partial charge is 0.482 e. The minimum atomic E-state index is -4.55. The second-order valence-electron chi connectivity index (χ2n) is 6.17. The van der Waals surface area contributed by atoms with Crippen LogP contribution < -0.4 is 15.4 Å². The van der Waals surface area contributed by atoms with Crippen molar-refractivity contribution < 1.29 is 32.2 Å². The van der Waals surface area contributed by atoms with E-state index >= 15 is 0 Å². The number of carbonyl (C=O) groups is 2. The van der Waals surface area contributed by atoms with E-state index < -0.39 is 18.8 Å². The Morgan fingerprint density at radius 3 is 2.63 bits per heavy atom. The molecule has 27 heavy (non-hydrogen) atoms. The normalized spacial score (nSPS) is 19.6. The summed E-state index contributed by atoms with van der Waals surface area (Å²) in [4.78, 5) is 24.0. The lowest BCUT2D eigenvalue weighted by Crippen LogP contribution is -2.40. The van der Waals surface area contributed by atoms with Gasteiger partial charge in [-0.3, -0.25) is 4.79 Å². The first-order valence-corrected chi connectivity index (χ1v) is 8.15. The molecule has 152 valence electrons. The number of hydrogen-bond acceptors (Lipinski definition) is 5. The van der Waals surface area contributed by atoms with Crippen LogP contribution in [0.5, 0.6) is 5.75 Å². The predicted octanol–water partition coefficient (Wildman–Crippen LogP) is 3.16. The van der Waals surface area contributed by atoms with Gasteiger partial charge in [0, 0.05) is 12.0 Å². The quantitative estimate of drug-likeness (QED) is 0.729. The lowest BCUT2D eigenvalue weighted by molar-refractivity contribution is -0.153. The molecule has 1 fully saturated rings. The van der Waals surface area contributed by atoms with Crippen molar-refractivity contribution in [2.75, 3.05) is 25.6 Å². The molecule has 1 aliphatic heterocycles. The molecular formula is C17H22ClF3N2O4. The first-order valence-electron chi connectivity index (χ1n) is 8.15. The fraction of sp³-hybridized carbons (Fsp3) is 0.529. The van der Waals surface area contributed by atoms with Gasteiger partial charge in [-0.2, -0.15) is 13.2 Å². The fourth-order valence-electron chi connectivity index (χ4n) is 2.75. The number of hydrogen-bond donors (Lipinski definition) is 2. The molecular weight excluding hydrogens is 389 g/mol. The Labute approximate surface area is 161 Å². The van der Waals surface area contributed by atoms with Crippen LogP contribution in [0.3, 0.4) is 0 Å². The molecule has 1 aliphatic rings. The van der Waals surface area contributed by atoms with Gasteiger partial charge in [0.1, 0.15) is 5.75 Å². The standard InChI is InChI=1S/C17H21F3N2O4.ClH/c1-10-7-11(5-6-21-10)15(23)22-13-4-3-12(16(24)25-2)8-14(13)26-9-17(18,19)20;/h3-4,8,10-11,21H,5-7,9H2,1-2H3,(H,22,23);1H/t10-,11-;/m0./s1. The van der Waals surface area contributed by atoms with Gasteiger partial charge in [-0.05, 0) is 44.5 Å². The third kappa shape index (κ3) is 6.91. The van der Waals surface area contributed by atoms with Gasteiger partial charge in [-0.1, -0.05) is 0 Å². The zero-order valence-electron chi connectivity index (χ0n) is 14.9. The van der Waals surface area contributed by atoms with E-state index in [1.807, 2.05) is 6.92 Å². The minimum Gasteiger partial charge on any atom is -0.482 e. The number of alkyl halides is 3. The third-order valence-electron chi connectivity index (χ3n) is 4.05. The summed E-state index contributed by atoms with van der Waals surface area (Å²) in [6.07, 6.45) is -3.28. The van der Waals surface area contributed by atoms with Gasteiger partial charge in [0.2, 0.25) is 5.91 Å². The Hall–Kier alpha value is -2.00. The topological polar surface area (TPSA) is 76.7 Å². The van der Waals surface area contributed by atoms with E-state index in [0.717, 1.165) is 13.2 Å². The van der Waals surface area contributed by atoms with Crippen molar-refractivity contribution in [3.63, 3.8) is 0 Å². The monoisotopic (exact) mass is 410 g/mol. The number of ether oxygens (including phenoxy) is 2. The number of carbonyl (C=O) groups excluding carboxylic acids is 2. The Bertz CT molecular complexity index is 670. The summed E-state index contributed by atoms with van der Waals surface area (Å²) in [6, 6.07) is 3.99. The van der Waals surface area contributed by atoms with Crippen molar-refractivity contribution in [1.29, 1.82) is 0 Å². The molecule has 1 aromatic rings. The summed E-state index contributed by atoms with van der Waals surface area (Å²) in [5, 5.41) is 5.83. The van der Waals surface area contributed by atoms with Gasteiger partial charge >= 0.3 is 12.1 Å². The van der Waals surface area contributed by atoms with Crippen LogP contribution >= 0.6 is 12.4 Å². The van der Waals surface area contributed by atoms with Crippen LogP contribution in [-0.4, -0.2) is 44.4 Å². The van der Waals surface area contributed by atoms with Gasteiger partial charge in [0.25, 0.3) is 0 Å². The molecule has 2 rings (SSSR count). The molecule has 0 radical (unpaired) electrons. The number of rotatable bonds is 5. The highest BCUT2D eigenvalue weighted by Gasteiger charge is 2.30. The van der Waals surface area contributed by atoms with Crippen LogP contribution in [0, 0.1) is 5.92 Å². The van der Waals surface area contributed by atoms with Crippen molar-refractivity contribution in [2.24, 2.45) is 5.92 Å². The second kappa shape index (κ2) is 9.80. The lowest BCUT2D eigenvalue weighted by atomic mass is 9.92. The molecule has 1 heterocycles. The molecule has 1 aromatic carbocycles. The van der Waals surface area contributed by atoms with E-state index in [0.29, 0.717) is 19.4 Å². The zero-order valence-corrected chi connectivity index (χ0v) is 15.7. The van der Waals surface area contributed by atoms with Crippen LogP contribution in [0.25, 0.3) is 0 Å². The van der Waals surface area contributed by atoms with Gasteiger partial charge in [0.15, 0.2) is 6.61 Å². The highest BCUT2D eigenvalue weighted by Crippen LogP contribution is 2.30. The van der Waals surface area contributed by atoms with E-state index in [-0.39, 0.29) is 47.3 Å². The Morgan fingerprint density at radius 2 is 2.04 bits per heavy atom. The molecule has 10 heteroatoms. The molecule has 2 atom stereocenters. The molecule has 1 amide bonds. The molecule has 0 aromatic heterocycles. The molecule has 0 bridgehead atoms. The van der Waals surface area contributed by atoms with Crippen LogP contribution in [0.15, 0.2) is 18.2 Å². The summed E-state index contributed by atoms with van der Waals surface area (Å²) in [5.74, 6) is -1.49. The van der Waals surface area contributed by atoms with E-state index in [1.165, 1.54) is 12.1 Å². The zero-order chi connectivity index (χ0) is 19.3. The van der Waals surface area contributed by atoms with Crippen molar-refractivity contribution in [3.05, 3.63) is 23.8 Å². The third-order valence-corrected chi connectivity index (χ3v) is 4.05. The van der Waals surface area contributed by atoms with E-state index in [4.69, 9.17) is 4.74 Å². The Balaban J connectivity index is 0.00000364. The van der Waals surface area contributed by atoms with E-state index in [1.54, 1.807) is 0 Å². The number of esters is 1.